The Bertz CT molecular complexity index is 424. The molecule has 0 aromatic heterocycles. The summed E-state index contributed by atoms with van der Waals surface area (Å²) >= 11 is 0. The van der Waals surface area contributed by atoms with Crippen LogP contribution in [0, 0.1) is 11.7 Å². The fraction of sp³-hybridized carbons (Fsp3) is 0.364. The predicted octanol–water partition coefficient (Wildman–Crippen LogP) is -0.0353. The zero-order chi connectivity index (χ0) is 11.7. The van der Waals surface area contributed by atoms with Gasteiger partial charge in [0.15, 0.2) is 0 Å². The van der Waals surface area contributed by atoms with Gasteiger partial charge in [0.2, 0.25) is 5.91 Å². The number of carbonyl (C=O) groups excluding carboxylic acids is 1. The SMILES string of the molecule is [B]c1ccc(N2CC(CO)CC2=O)c(F)c1. The topological polar surface area (TPSA) is 40.5 Å². The molecular formula is C11H11BFNO2. The van der Waals surface area contributed by atoms with Gasteiger partial charge in [-0.05, 0) is 12.1 Å². The van der Waals surface area contributed by atoms with Crippen molar-refractivity contribution in [3.8, 4) is 0 Å². The van der Waals surface area contributed by atoms with E-state index in [9.17, 15) is 9.18 Å². The molecule has 3 nitrogen and oxygen atoms in total. The zero-order valence-electron chi connectivity index (χ0n) is 8.69. The molecule has 0 aliphatic carbocycles. The number of aliphatic hydroxyl groups excluding tert-OH is 1. The molecule has 1 unspecified atom stereocenters. The Balaban J connectivity index is 2.28. The van der Waals surface area contributed by atoms with Crippen LogP contribution < -0.4 is 10.4 Å². The molecule has 1 N–H and O–H groups in total. The largest absolute Gasteiger partial charge is 0.396 e. The van der Waals surface area contributed by atoms with E-state index in [1.165, 1.54) is 17.0 Å². The lowest BCUT2D eigenvalue weighted by atomic mass is 9.96. The minimum atomic E-state index is -0.507. The molecule has 16 heavy (non-hydrogen) atoms. The van der Waals surface area contributed by atoms with E-state index in [1.54, 1.807) is 6.07 Å². The number of nitrogens with zero attached hydrogens (tertiary/aromatic N) is 1. The second kappa shape index (κ2) is 4.25. The van der Waals surface area contributed by atoms with Crippen LogP contribution in [0.1, 0.15) is 6.42 Å². The highest BCUT2D eigenvalue weighted by atomic mass is 19.1. The number of hydrogen-bond acceptors (Lipinski definition) is 2. The van der Waals surface area contributed by atoms with Crippen LogP contribution in [0.2, 0.25) is 0 Å². The van der Waals surface area contributed by atoms with Crippen molar-refractivity contribution in [2.45, 2.75) is 6.42 Å². The molecule has 1 aliphatic rings. The maximum absolute atomic E-state index is 13.6. The number of anilines is 1. The molecule has 0 bridgehead atoms. The van der Waals surface area contributed by atoms with Gasteiger partial charge in [-0.15, -0.1) is 0 Å². The lowest BCUT2D eigenvalue weighted by Gasteiger charge is -2.17. The highest BCUT2D eigenvalue weighted by Gasteiger charge is 2.31. The van der Waals surface area contributed by atoms with Gasteiger partial charge in [-0.25, -0.2) is 4.39 Å². The maximum Gasteiger partial charge on any atom is 0.227 e. The summed E-state index contributed by atoms with van der Waals surface area (Å²) in [5.41, 5.74) is 0.557. The summed E-state index contributed by atoms with van der Waals surface area (Å²) in [6.45, 7) is 0.301. The quantitative estimate of drug-likeness (QED) is 0.709. The molecule has 1 saturated heterocycles. The summed E-state index contributed by atoms with van der Waals surface area (Å²) in [5.74, 6) is -0.779. The van der Waals surface area contributed by atoms with Gasteiger partial charge in [0.05, 0.1) is 5.69 Å². The lowest BCUT2D eigenvalue weighted by molar-refractivity contribution is -0.117. The van der Waals surface area contributed by atoms with Crippen molar-refractivity contribution in [1.82, 2.24) is 0 Å². The van der Waals surface area contributed by atoms with Crippen molar-refractivity contribution in [3.63, 3.8) is 0 Å². The second-order valence-electron chi connectivity index (χ2n) is 3.97. The standard InChI is InChI=1S/C11H11BFNO2/c12-8-1-2-10(9(13)4-8)14-5-7(6-15)3-11(14)16/h1-2,4,7,15H,3,5-6H2. The molecule has 2 rings (SSSR count). The van der Waals surface area contributed by atoms with Gasteiger partial charge in [0, 0.05) is 25.5 Å². The number of hydrogen-bond donors (Lipinski definition) is 1. The first-order valence-corrected chi connectivity index (χ1v) is 5.08. The molecule has 5 heteroatoms. The maximum atomic E-state index is 13.6. The van der Waals surface area contributed by atoms with E-state index in [0.717, 1.165) is 0 Å². The van der Waals surface area contributed by atoms with Crippen LogP contribution in [-0.4, -0.2) is 32.0 Å². The minimum Gasteiger partial charge on any atom is -0.396 e. The molecule has 1 fully saturated rings. The van der Waals surface area contributed by atoms with Crippen LogP contribution in [0.15, 0.2) is 18.2 Å². The number of benzene rings is 1. The summed E-state index contributed by atoms with van der Waals surface area (Å²) in [4.78, 5) is 13.0. The van der Waals surface area contributed by atoms with Gasteiger partial charge in [-0.3, -0.25) is 4.79 Å². The van der Waals surface area contributed by atoms with Crippen LogP contribution in [0.4, 0.5) is 10.1 Å². The summed E-state index contributed by atoms with van der Waals surface area (Å²) in [6, 6.07) is 4.23. The molecular weight excluding hydrogens is 208 g/mol. The Kier molecular flexibility index (Phi) is 2.96. The third-order valence-corrected chi connectivity index (χ3v) is 2.73. The molecule has 0 saturated carbocycles. The van der Waals surface area contributed by atoms with Gasteiger partial charge in [-0.1, -0.05) is 11.5 Å². The van der Waals surface area contributed by atoms with Gasteiger partial charge in [0.25, 0.3) is 0 Å². The number of rotatable bonds is 2. The first-order valence-electron chi connectivity index (χ1n) is 5.08. The van der Waals surface area contributed by atoms with Crippen LogP contribution in [-0.2, 0) is 4.79 Å². The highest BCUT2D eigenvalue weighted by molar-refractivity contribution is 6.32. The number of aliphatic hydroxyl groups is 1. The fourth-order valence-electron chi connectivity index (χ4n) is 1.88. The molecule has 1 amide bonds. The smallest absolute Gasteiger partial charge is 0.227 e. The minimum absolute atomic E-state index is 0.0567. The Morgan fingerprint density at radius 1 is 1.56 bits per heavy atom. The van der Waals surface area contributed by atoms with E-state index in [0.29, 0.717) is 12.0 Å². The van der Waals surface area contributed by atoms with E-state index < -0.39 is 5.82 Å². The Hall–Kier alpha value is -1.36. The van der Waals surface area contributed by atoms with Crippen LogP contribution in [0.5, 0.6) is 0 Å². The van der Waals surface area contributed by atoms with Crippen LogP contribution in [0.25, 0.3) is 0 Å². The van der Waals surface area contributed by atoms with Gasteiger partial charge in [0.1, 0.15) is 13.7 Å². The fourth-order valence-corrected chi connectivity index (χ4v) is 1.88. The summed E-state index contributed by atoms with van der Waals surface area (Å²) in [5, 5.41) is 8.97. The Morgan fingerprint density at radius 2 is 2.31 bits per heavy atom. The number of carbonyl (C=O) groups is 1. The van der Waals surface area contributed by atoms with E-state index >= 15 is 0 Å². The molecule has 0 spiro atoms. The van der Waals surface area contributed by atoms with Crippen molar-refractivity contribution in [2.24, 2.45) is 5.92 Å². The Labute approximate surface area is 94.3 Å². The molecule has 1 heterocycles. The van der Waals surface area contributed by atoms with Gasteiger partial charge in [-0.2, -0.15) is 0 Å². The Morgan fingerprint density at radius 3 is 2.88 bits per heavy atom. The summed E-state index contributed by atoms with van der Waals surface area (Å²) in [7, 11) is 5.43. The van der Waals surface area contributed by atoms with E-state index in [2.05, 4.69) is 0 Å². The molecule has 82 valence electrons. The average Bonchev–Trinajstić information content (AvgIpc) is 2.60. The summed E-state index contributed by atoms with van der Waals surface area (Å²) < 4.78 is 13.6. The average molecular weight is 219 g/mol. The van der Waals surface area contributed by atoms with Crippen LogP contribution >= 0.6 is 0 Å². The second-order valence-corrected chi connectivity index (χ2v) is 3.97. The third-order valence-electron chi connectivity index (χ3n) is 2.73. The lowest BCUT2D eigenvalue weighted by Crippen LogP contribution is -2.26. The van der Waals surface area contributed by atoms with E-state index in [-0.39, 0.29) is 30.5 Å². The predicted molar refractivity (Wildman–Crippen MR) is 59.3 cm³/mol. The van der Waals surface area contributed by atoms with Gasteiger partial charge < -0.3 is 10.0 Å². The molecule has 1 atom stereocenters. The third kappa shape index (κ3) is 1.95. The van der Waals surface area contributed by atoms with Gasteiger partial charge >= 0.3 is 0 Å². The zero-order valence-corrected chi connectivity index (χ0v) is 8.69. The number of amides is 1. The summed E-state index contributed by atoms with van der Waals surface area (Å²) in [6.07, 6.45) is 0.264. The first kappa shape index (κ1) is 11.1. The van der Waals surface area contributed by atoms with Crippen molar-refractivity contribution in [1.29, 1.82) is 0 Å². The van der Waals surface area contributed by atoms with Crippen molar-refractivity contribution in [2.75, 3.05) is 18.1 Å². The molecule has 1 aromatic carbocycles. The normalized spacial score (nSPS) is 20.5. The molecule has 2 radical (unpaired) electrons. The van der Waals surface area contributed by atoms with Crippen molar-refractivity contribution < 1.29 is 14.3 Å². The molecule has 1 aliphatic heterocycles. The van der Waals surface area contributed by atoms with Crippen molar-refractivity contribution in [3.05, 3.63) is 24.0 Å². The van der Waals surface area contributed by atoms with Crippen molar-refractivity contribution >= 4 is 24.9 Å². The van der Waals surface area contributed by atoms with E-state index in [1.807, 2.05) is 0 Å². The number of halogens is 1. The van der Waals surface area contributed by atoms with E-state index in [4.69, 9.17) is 13.0 Å². The monoisotopic (exact) mass is 219 g/mol. The van der Waals surface area contributed by atoms with Crippen LogP contribution in [0.3, 0.4) is 0 Å². The molecule has 1 aromatic rings. The highest BCUT2D eigenvalue weighted by Crippen LogP contribution is 2.26. The first-order chi connectivity index (χ1) is 7.61.